The highest BCUT2D eigenvalue weighted by Crippen LogP contribution is 2.17. The van der Waals surface area contributed by atoms with Gasteiger partial charge in [0.1, 0.15) is 0 Å². The maximum atomic E-state index is 11.7. The molecule has 0 aliphatic carbocycles. The van der Waals surface area contributed by atoms with Crippen molar-refractivity contribution in [2.75, 3.05) is 26.0 Å². The Labute approximate surface area is 167 Å². The number of ether oxygens (including phenoxy) is 1. The molecule has 6 nitrogen and oxygen atoms in total. The quantitative estimate of drug-likeness (QED) is 0.370. The van der Waals surface area contributed by atoms with Gasteiger partial charge >= 0.3 is 0 Å². The lowest BCUT2D eigenvalue weighted by atomic mass is 10.1. The highest BCUT2D eigenvalue weighted by molar-refractivity contribution is 14.0. The average Bonchev–Trinajstić information content (AvgIpc) is 3.02. The fraction of sp³-hybridized carbons (Fsp3) is 0.588. The van der Waals surface area contributed by atoms with Crippen molar-refractivity contribution in [1.82, 2.24) is 10.6 Å². The molecule has 1 saturated heterocycles. The van der Waals surface area contributed by atoms with Crippen LogP contribution in [0.3, 0.4) is 0 Å². The third kappa shape index (κ3) is 7.10. The van der Waals surface area contributed by atoms with Crippen molar-refractivity contribution in [3.05, 3.63) is 29.3 Å². The maximum absolute atomic E-state index is 11.7. The first-order valence-electron chi connectivity index (χ1n) is 8.33. The van der Waals surface area contributed by atoms with Gasteiger partial charge in [-0.3, -0.25) is 0 Å². The summed E-state index contributed by atoms with van der Waals surface area (Å²) >= 11 is 0. The third-order valence-corrected chi connectivity index (χ3v) is 5.18. The fourth-order valence-corrected chi connectivity index (χ4v) is 3.71. The molecule has 8 heteroatoms. The minimum Gasteiger partial charge on any atom is -0.376 e. The number of nitrogens with zero attached hydrogens (tertiary/aromatic N) is 1. The van der Waals surface area contributed by atoms with Gasteiger partial charge in [0.05, 0.1) is 17.5 Å². The van der Waals surface area contributed by atoms with Gasteiger partial charge in [0.2, 0.25) is 0 Å². The highest BCUT2D eigenvalue weighted by Gasteiger charge is 2.15. The normalized spacial score (nSPS) is 17.9. The first kappa shape index (κ1) is 22.2. The van der Waals surface area contributed by atoms with Crippen LogP contribution in [0, 0.1) is 6.92 Å². The average molecular weight is 481 g/mol. The molecule has 1 aliphatic heterocycles. The van der Waals surface area contributed by atoms with E-state index >= 15 is 0 Å². The van der Waals surface area contributed by atoms with E-state index in [1.54, 1.807) is 6.07 Å². The summed E-state index contributed by atoms with van der Waals surface area (Å²) in [6.45, 7) is 6.69. The Hall–Kier alpha value is -0.870. The number of rotatable bonds is 6. The number of guanidine groups is 1. The number of benzene rings is 1. The minimum atomic E-state index is -3.18. The second-order valence-corrected chi connectivity index (χ2v) is 8.07. The number of hydrogen-bond acceptors (Lipinski definition) is 4. The van der Waals surface area contributed by atoms with Crippen molar-refractivity contribution in [3.8, 4) is 0 Å². The number of halogens is 1. The molecule has 1 fully saturated rings. The van der Waals surface area contributed by atoms with Gasteiger partial charge in [-0.1, -0.05) is 12.1 Å². The maximum Gasteiger partial charge on any atom is 0.191 e. The van der Waals surface area contributed by atoms with Crippen molar-refractivity contribution in [2.45, 2.75) is 44.2 Å². The summed E-state index contributed by atoms with van der Waals surface area (Å²) < 4.78 is 28.9. The monoisotopic (exact) mass is 481 g/mol. The van der Waals surface area contributed by atoms with Crippen molar-refractivity contribution >= 4 is 39.8 Å². The summed E-state index contributed by atoms with van der Waals surface area (Å²) in [5, 5.41) is 6.52. The van der Waals surface area contributed by atoms with E-state index in [9.17, 15) is 8.42 Å². The van der Waals surface area contributed by atoms with Crippen LogP contribution in [0.25, 0.3) is 0 Å². The molecule has 25 heavy (non-hydrogen) atoms. The van der Waals surface area contributed by atoms with Crippen LogP contribution < -0.4 is 10.6 Å². The lowest BCUT2D eigenvalue weighted by molar-refractivity contribution is 0.114. The number of hydrogen-bond donors (Lipinski definition) is 2. The Kier molecular flexibility index (Phi) is 9.15. The van der Waals surface area contributed by atoms with Gasteiger partial charge in [-0.05, 0) is 43.9 Å². The first-order valence-corrected chi connectivity index (χ1v) is 10.2. The molecule has 2 N–H and O–H groups in total. The third-order valence-electron chi connectivity index (χ3n) is 3.92. The molecule has 0 bridgehead atoms. The molecule has 142 valence electrons. The van der Waals surface area contributed by atoms with Crippen LogP contribution in [-0.4, -0.2) is 46.4 Å². The molecule has 0 saturated carbocycles. The van der Waals surface area contributed by atoms with E-state index < -0.39 is 9.84 Å². The molecular weight excluding hydrogens is 453 g/mol. The molecule has 0 radical (unpaired) electrons. The Balaban J connectivity index is 0.00000312. The van der Waals surface area contributed by atoms with E-state index in [4.69, 9.17) is 4.74 Å². The van der Waals surface area contributed by atoms with Crippen molar-refractivity contribution in [2.24, 2.45) is 4.99 Å². The van der Waals surface area contributed by atoms with E-state index in [0.717, 1.165) is 49.6 Å². The molecule has 1 aliphatic rings. The van der Waals surface area contributed by atoms with Crippen molar-refractivity contribution < 1.29 is 13.2 Å². The van der Waals surface area contributed by atoms with Crippen molar-refractivity contribution in [3.63, 3.8) is 0 Å². The molecule has 1 aromatic carbocycles. The van der Waals surface area contributed by atoms with Gasteiger partial charge in [-0.25, -0.2) is 13.4 Å². The van der Waals surface area contributed by atoms with Crippen LogP contribution in [0.15, 0.2) is 28.1 Å². The van der Waals surface area contributed by atoms with Crippen LogP contribution in [-0.2, 0) is 21.1 Å². The summed E-state index contributed by atoms with van der Waals surface area (Å²) in [6, 6.07) is 5.35. The predicted molar refractivity (Wildman–Crippen MR) is 111 cm³/mol. The number of aryl methyl sites for hydroxylation is 1. The van der Waals surface area contributed by atoms with Gasteiger partial charge in [-0.15, -0.1) is 24.0 Å². The molecule has 1 aromatic rings. The van der Waals surface area contributed by atoms with Crippen LogP contribution in [0.5, 0.6) is 0 Å². The Morgan fingerprint density at radius 1 is 1.36 bits per heavy atom. The molecular formula is C17H28IN3O3S. The van der Waals surface area contributed by atoms with Crippen LogP contribution >= 0.6 is 24.0 Å². The van der Waals surface area contributed by atoms with E-state index in [0.29, 0.717) is 11.4 Å². The molecule has 0 amide bonds. The molecule has 1 unspecified atom stereocenters. The molecule has 1 heterocycles. The lowest BCUT2D eigenvalue weighted by Gasteiger charge is -2.15. The van der Waals surface area contributed by atoms with E-state index in [-0.39, 0.29) is 30.1 Å². The SMILES string of the molecule is CCNC(=NCc1ccc(S(C)(=O)=O)c(C)c1)NCC1CCCO1.I. The van der Waals surface area contributed by atoms with E-state index in [1.165, 1.54) is 6.26 Å². The smallest absolute Gasteiger partial charge is 0.191 e. The number of sulfone groups is 1. The summed E-state index contributed by atoms with van der Waals surface area (Å²) in [5.41, 5.74) is 1.73. The van der Waals surface area contributed by atoms with Gasteiger partial charge in [0.25, 0.3) is 0 Å². The number of nitrogens with one attached hydrogen (secondary N) is 2. The van der Waals surface area contributed by atoms with Gasteiger partial charge in [0.15, 0.2) is 15.8 Å². The zero-order valence-corrected chi connectivity index (χ0v) is 18.2. The van der Waals surface area contributed by atoms with Gasteiger partial charge < -0.3 is 15.4 Å². The predicted octanol–water partition coefficient (Wildman–Crippen LogP) is 2.25. The summed E-state index contributed by atoms with van der Waals surface area (Å²) in [6.07, 6.45) is 3.68. The first-order chi connectivity index (χ1) is 11.4. The van der Waals surface area contributed by atoms with E-state index in [1.807, 2.05) is 26.0 Å². The summed E-state index contributed by atoms with van der Waals surface area (Å²) in [5.74, 6) is 0.748. The second-order valence-electron chi connectivity index (χ2n) is 6.08. The Morgan fingerprint density at radius 2 is 2.12 bits per heavy atom. The van der Waals surface area contributed by atoms with Crippen LogP contribution in [0.1, 0.15) is 30.9 Å². The largest absolute Gasteiger partial charge is 0.376 e. The summed E-state index contributed by atoms with van der Waals surface area (Å²) in [7, 11) is -3.18. The molecule has 1 atom stereocenters. The zero-order chi connectivity index (χ0) is 17.6. The number of aliphatic imine (C=N–C) groups is 1. The van der Waals surface area contributed by atoms with Gasteiger partial charge in [-0.2, -0.15) is 0 Å². The second kappa shape index (κ2) is 10.3. The Morgan fingerprint density at radius 3 is 2.68 bits per heavy atom. The zero-order valence-electron chi connectivity index (χ0n) is 15.0. The minimum absolute atomic E-state index is 0. The standard InChI is InChI=1S/C17H27N3O3S.HI/c1-4-18-17(20-12-15-6-5-9-23-15)19-11-14-7-8-16(13(2)10-14)24(3,21)22;/h7-8,10,15H,4-6,9,11-12H2,1-3H3,(H2,18,19,20);1H. The lowest BCUT2D eigenvalue weighted by Crippen LogP contribution is -2.41. The molecule has 2 rings (SSSR count). The summed E-state index contributed by atoms with van der Waals surface area (Å²) in [4.78, 5) is 4.94. The van der Waals surface area contributed by atoms with Crippen LogP contribution in [0.2, 0.25) is 0 Å². The van der Waals surface area contributed by atoms with Crippen LogP contribution in [0.4, 0.5) is 0 Å². The molecule has 0 aromatic heterocycles. The highest BCUT2D eigenvalue weighted by atomic mass is 127. The van der Waals surface area contributed by atoms with E-state index in [2.05, 4.69) is 15.6 Å². The fourth-order valence-electron chi connectivity index (χ4n) is 2.75. The van der Waals surface area contributed by atoms with Crippen molar-refractivity contribution in [1.29, 1.82) is 0 Å². The topological polar surface area (TPSA) is 79.8 Å². The van der Waals surface area contributed by atoms with Gasteiger partial charge in [0, 0.05) is 26.0 Å². The molecule has 0 spiro atoms. The Bertz CT molecular complexity index is 686.